The number of para-hydroxylation sites is 1. The summed E-state index contributed by atoms with van der Waals surface area (Å²) in [6.45, 7) is 1.89. The normalized spacial score (nSPS) is 14.3. The highest BCUT2D eigenvalue weighted by atomic mass is 35.5. The van der Waals surface area contributed by atoms with E-state index in [-0.39, 0.29) is 41.6 Å². The molecule has 1 aromatic heterocycles. The molecule has 1 aromatic carbocycles. The van der Waals surface area contributed by atoms with E-state index in [4.69, 9.17) is 0 Å². The molecule has 9 heteroatoms. The molecule has 4 nitrogen and oxygen atoms in total. The fourth-order valence-electron chi connectivity index (χ4n) is 2.44. The first kappa shape index (κ1) is 20.5. The van der Waals surface area contributed by atoms with Gasteiger partial charge in [0.2, 0.25) is 0 Å². The highest BCUT2D eigenvalue weighted by Crippen LogP contribution is 2.36. The Morgan fingerprint density at radius 1 is 1.25 bits per heavy atom. The summed E-state index contributed by atoms with van der Waals surface area (Å²) in [6, 6.07) is 5.93. The van der Waals surface area contributed by atoms with Crippen molar-refractivity contribution in [3.63, 3.8) is 0 Å². The van der Waals surface area contributed by atoms with Gasteiger partial charge in [0.05, 0.1) is 16.6 Å². The van der Waals surface area contributed by atoms with Gasteiger partial charge in [-0.15, -0.1) is 24.8 Å². The first-order chi connectivity index (χ1) is 10.5. The van der Waals surface area contributed by atoms with Gasteiger partial charge in [-0.3, -0.25) is 9.78 Å². The number of carbonyl (C=O) groups excluding carboxylic acids is 1. The van der Waals surface area contributed by atoms with Crippen LogP contribution in [0.4, 0.5) is 13.2 Å². The van der Waals surface area contributed by atoms with E-state index in [0.29, 0.717) is 6.54 Å². The Labute approximate surface area is 149 Å². The minimum Gasteiger partial charge on any atom is -0.352 e. The maximum atomic E-state index is 13.4. The summed E-state index contributed by atoms with van der Waals surface area (Å²) >= 11 is 0. The molecule has 3 rings (SSSR count). The number of nitrogens with zero attached hydrogens (tertiary/aromatic N) is 1. The van der Waals surface area contributed by atoms with Gasteiger partial charge in [-0.2, -0.15) is 13.2 Å². The molecule has 0 spiro atoms. The topological polar surface area (TPSA) is 54.0 Å². The van der Waals surface area contributed by atoms with Gasteiger partial charge in [0.15, 0.2) is 0 Å². The minimum absolute atomic E-state index is 0. The molecule has 1 amide bonds. The van der Waals surface area contributed by atoms with Crippen molar-refractivity contribution in [1.82, 2.24) is 15.6 Å². The van der Waals surface area contributed by atoms with Crippen LogP contribution < -0.4 is 10.6 Å². The Hall–Kier alpha value is -1.57. The maximum Gasteiger partial charge on any atom is 0.417 e. The van der Waals surface area contributed by atoms with Gasteiger partial charge < -0.3 is 10.6 Å². The highest BCUT2D eigenvalue weighted by Gasteiger charge is 2.37. The molecule has 0 radical (unpaired) electrons. The Bertz CT molecular complexity index is 721. The van der Waals surface area contributed by atoms with E-state index >= 15 is 0 Å². The molecule has 24 heavy (non-hydrogen) atoms. The molecule has 1 aliphatic heterocycles. The van der Waals surface area contributed by atoms with Crippen LogP contribution in [0, 0.1) is 5.92 Å². The lowest BCUT2D eigenvalue weighted by Crippen LogP contribution is -2.48. The third-order valence-electron chi connectivity index (χ3n) is 3.72. The summed E-state index contributed by atoms with van der Waals surface area (Å²) in [7, 11) is 0. The van der Waals surface area contributed by atoms with Crippen molar-refractivity contribution in [3.8, 4) is 0 Å². The monoisotopic (exact) mass is 381 g/mol. The summed E-state index contributed by atoms with van der Waals surface area (Å²) in [5.74, 6) is -0.468. The van der Waals surface area contributed by atoms with Crippen molar-refractivity contribution in [2.45, 2.75) is 6.18 Å². The number of amides is 1. The minimum atomic E-state index is -4.62. The van der Waals surface area contributed by atoms with E-state index in [1.807, 2.05) is 0 Å². The van der Waals surface area contributed by atoms with Gasteiger partial charge in [0.25, 0.3) is 5.91 Å². The number of benzene rings is 1. The molecule has 2 N–H and O–H groups in total. The fourth-order valence-corrected chi connectivity index (χ4v) is 2.44. The zero-order chi connectivity index (χ0) is 15.7. The molecule has 0 unspecified atom stereocenters. The molecule has 1 aliphatic rings. The maximum absolute atomic E-state index is 13.4. The number of rotatable bonds is 3. The number of fused-ring (bicyclic) bond motifs is 1. The van der Waals surface area contributed by atoms with Crippen LogP contribution in [0.2, 0.25) is 0 Å². The van der Waals surface area contributed by atoms with Gasteiger partial charge in [-0.1, -0.05) is 18.2 Å². The van der Waals surface area contributed by atoms with Crippen LogP contribution in [-0.2, 0) is 6.18 Å². The summed E-state index contributed by atoms with van der Waals surface area (Å²) in [4.78, 5) is 16.1. The summed E-state index contributed by atoms with van der Waals surface area (Å²) in [6.07, 6.45) is -3.62. The second-order valence-electron chi connectivity index (χ2n) is 5.30. The molecule has 0 atom stereocenters. The van der Waals surface area contributed by atoms with Crippen LogP contribution in [0.1, 0.15) is 15.9 Å². The molecular formula is C15H16Cl2F3N3O. The van der Waals surface area contributed by atoms with Crippen LogP contribution in [-0.4, -0.2) is 30.5 Å². The molecule has 0 bridgehead atoms. The predicted molar refractivity (Wildman–Crippen MR) is 89.9 cm³/mol. The third-order valence-corrected chi connectivity index (χ3v) is 3.72. The summed E-state index contributed by atoms with van der Waals surface area (Å²) in [5.41, 5.74) is -1.14. The number of alkyl halides is 3. The number of hydrogen-bond acceptors (Lipinski definition) is 3. The van der Waals surface area contributed by atoms with Gasteiger partial charge in [0.1, 0.15) is 0 Å². The van der Waals surface area contributed by atoms with E-state index in [1.165, 1.54) is 18.2 Å². The third kappa shape index (κ3) is 4.09. The Morgan fingerprint density at radius 3 is 2.50 bits per heavy atom. The van der Waals surface area contributed by atoms with Crippen LogP contribution in [0.25, 0.3) is 10.9 Å². The molecule has 2 heterocycles. The summed E-state index contributed by atoms with van der Waals surface area (Å²) < 4.78 is 40.2. The van der Waals surface area contributed by atoms with E-state index in [2.05, 4.69) is 15.6 Å². The fraction of sp³-hybridized carbons (Fsp3) is 0.333. The number of aromatic nitrogens is 1. The van der Waals surface area contributed by atoms with Gasteiger partial charge >= 0.3 is 6.18 Å². The van der Waals surface area contributed by atoms with Crippen molar-refractivity contribution >= 4 is 41.6 Å². The highest BCUT2D eigenvalue weighted by molar-refractivity contribution is 6.00. The van der Waals surface area contributed by atoms with Crippen molar-refractivity contribution in [2.75, 3.05) is 19.6 Å². The zero-order valence-corrected chi connectivity index (χ0v) is 14.0. The van der Waals surface area contributed by atoms with E-state index in [9.17, 15) is 18.0 Å². The SMILES string of the molecule is Cl.Cl.O=C(NCC1CNC1)c1cnc2ccccc2c1C(F)(F)F. The average Bonchev–Trinajstić information content (AvgIpc) is 2.43. The van der Waals surface area contributed by atoms with Crippen molar-refractivity contribution < 1.29 is 18.0 Å². The van der Waals surface area contributed by atoms with Gasteiger partial charge in [0, 0.05) is 37.1 Å². The lowest BCUT2D eigenvalue weighted by Gasteiger charge is -2.27. The molecule has 2 aromatic rings. The van der Waals surface area contributed by atoms with E-state index in [1.54, 1.807) is 6.07 Å². The largest absolute Gasteiger partial charge is 0.417 e. The van der Waals surface area contributed by atoms with Gasteiger partial charge in [-0.25, -0.2) is 0 Å². The predicted octanol–water partition coefficient (Wildman–Crippen LogP) is 3.05. The number of carbonyl (C=O) groups is 1. The van der Waals surface area contributed by atoms with Crippen LogP contribution in [0.3, 0.4) is 0 Å². The number of hydrogen-bond donors (Lipinski definition) is 2. The quantitative estimate of drug-likeness (QED) is 0.858. The van der Waals surface area contributed by atoms with Crippen LogP contribution >= 0.6 is 24.8 Å². The average molecular weight is 382 g/mol. The first-order valence-electron chi connectivity index (χ1n) is 6.90. The molecule has 132 valence electrons. The van der Waals surface area contributed by atoms with Crippen LogP contribution in [0.15, 0.2) is 30.5 Å². The Balaban J connectivity index is 0.00000144. The van der Waals surface area contributed by atoms with Crippen molar-refractivity contribution in [3.05, 3.63) is 41.6 Å². The van der Waals surface area contributed by atoms with Crippen LogP contribution in [0.5, 0.6) is 0 Å². The number of halogens is 5. The Kier molecular flexibility index (Phi) is 6.83. The molecule has 0 saturated carbocycles. The summed E-state index contributed by atoms with van der Waals surface area (Å²) in [5, 5.41) is 5.54. The number of nitrogens with one attached hydrogen (secondary N) is 2. The lowest BCUT2D eigenvalue weighted by atomic mass is 10.0. The van der Waals surface area contributed by atoms with Crippen molar-refractivity contribution in [1.29, 1.82) is 0 Å². The lowest BCUT2D eigenvalue weighted by molar-refractivity contribution is -0.136. The molecule has 1 fully saturated rings. The molecular weight excluding hydrogens is 366 g/mol. The second kappa shape index (κ2) is 8.00. The van der Waals surface area contributed by atoms with Crippen molar-refractivity contribution in [2.24, 2.45) is 5.92 Å². The first-order valence-corrected chi connectivity index (χ1v) is 6.90. The van der Waals surface area contributed by atoms with E-state index < -0.39 is 23.2 Å². The molecule has 0 aliphatic carbocycles. The number of pyridine rings is 1. The molecule has 1 saturated heterocycles. The Morgan fingerprint density at radius 2 is 1.92 bits per heavy atom. The standard InChI is InChI=1S/C15H14F3N3O.2ClH/c16-15(17,18)13-10-3-1-2-4-12(10)20-8-11(13)14(22)21-7-9-5-19-6-9;;/h1-4,8-9,19H,5-7H2,(H,21,22);2*1H. The van der Waals surface area contributed by atoms with E-state index in [0.717, 1.165) is 19.3 Å². The zero-order valence-electron chi connectivity index (χ0n) is 12.4. The van der Waals surface area contributed by atoms with Gasteiger partial charge in [-0.05, 0) is 6.07 Å². The smallest absolute Gasteiger partial charge is 0.352 e. The second-order valence-corrected chi connectivity index (χ2v) is 5.30.